The third-order valence-electron chi connectivity index (χ3n) is 3.37. The lowest BCUT2D eigenvalue weighted by Gasteiger charge is -2.16. The number of methoxy groups -OCH3 is 1. The molecule has 1 atom stereocenters. The maximum atomic E-state index is 12.2. The van der Waals surface area contributed by atoms with E-state index in [0.717, 1.165) is 11.3 Å². The predicted octanol–water partition coefficient (Wildman–Crippen LogP) is 4.42. The zero-order chi connectivity index (χ0) is 16.1. The Balaban J connectivity index is 2.05. The topological polar surface area (TPSA) is 38.3 Å². The van der Waals surface area contributed by atoms with Crippen molar-refractivity contribution in [2.24, 2.45) is 0 Å². The van der Waals surface area contributed by atoms with Crippen molar-refractivity contribution in [1.29, 1.82) is 0 Å². The maximum Gasteiger partial charge on any atom is 0.225 e. The number of hydrogen-bond acceptors (Lipinski definition) is 2. The van der Waals surface area contributed by atoms with Crippen LogP contribution in [0.5, 0.6) is 5.75 Å². The Morgan fingerprint density at radius 1 is 1.18 bits per heavy atom. The first kappa shape index (κ1) is 16.7. The van der Waals surface area contributed by atoms with Gasteiger partial charge in [0.1, 0.15) is 5.75 Å². The second-order valence-electron chi connectivity index (χ2n) is 4.94. The highest BCUT2D eigenvalue weighted by atomic mass is 35.5. The van der Waals surface area contributed by atoms with Crippen molar-refractivity contribution in [3.05, 3.63) is 63.6 Å². The van der Waals surface area contributed by atoms with Crippen LogP contribution >= 0.6 is 23.2 Å². The fourth-order valence-electron chi connectivity index (χ4n) is 2.15. The van der Waals surface area contributed by atoms with E-state index in [4.69, 9.17) is 27.9 Å². The summed E-state index contributed by atoms with van der Waals surface area (Å²) >= 11 is 12.2. The zero-order valence-corrected chi connectivity index (χ0v) is 13.9. The van der Waals surface area contributed by atoms with E-state index in [-0.39, 0.29) is 18.4 Å². The Kier molecular flexibility index (Phi) is 5.69. The van der Waals surface area contributed by atoms with Gasteiger partial charge in [-0.2, -0.15) is 0 Å². The number of rotatable bonds is 5. The number of amides is 1. The molecule has 0 aliphatic carbocycles. The summed E-state index contributed by atoms with van der Waals surface area (Å²) in [7, 11) is 1.61. The van der Waals surface area contributed by atoms with Crippen molar-refractivity contribution in [2.45, 2.75) is 19.4 Å². The second kappa shape index (κ2) is 7.52. The van der Waals surface area contributed by atoms with Gasteiger partial charge >= 0.3 is 0 Å². The molecule has 0 unspecified atom stereocenters. The molecule has 0 aromatic heterocycles. The molecule has 1 amide bonds. The predicted molar refractivity (Wildman–Crippen MR) is 89.7 cm³/mol. The lowest BCUT2D eigenvalue weighted by molar-refractivity contribution is -0.121. The molecule has 2 rings (SSSR count). The Bertz CT molecular complexity index is 653. The van der Waals surface area contributed by atoms with Crippen LogP contribution in [0.1, 0.15) is 24.1 Å². The molecule has 0 heterocycles. The molecule has 3 nitrogen and oxygen atoms in total. The largest absolute Gasteiger partial charge is 0.497 e. The van der Waals surface area contributed by atoms with Crippen LogP contribution in [0.3, 0.4) is 0 Å². The van der Waals surface area contributed by atoms with Crippen molar-refractivity contribution < 1.29 is 9.53 Å². The molecular formula is C17H17Cl2NO2. The molecule has 1 N–H and O–H groups in total. The van der Waals surface area contributed by atoms with Crippen LogP contribution in [-0.4, -0.2) is 13.0 Å². The molecule has 0 radical (unpaired) electrons. The van der Waals surface area contributed by atoms with E-state index >= 15 is 0 Å². The number of carbonyl (C=O) groups excluding carboxylic acids is 1. The van der Waals surface area contributed by atoms with E-state index in [1.54, 1.807) is 25.3 Å². The molecule has 5 heteroatoms. The molecule has 2 aromatic rings. The first-order chi connectivity index (χ1) is 10.5. The standard InChI is InChI=1S/C17H17Cl2NO2/c1-11(12-5-3-6-13(9-12)22-2)20-17(21)10-14-15(18)7-4-8-16(14)19/h3-9,11H,10H2,1-2H3,(H,20,21)/t11-/m0/s1. The van der Waals surface area contributed by atoms with Gasteiger partial charge in [0.25, 0.3) is 0 Å². The van der Waals surface area contributed by atoms with Crippen LogP contribution in [0.2, 0.25) is 10.0 Å². The first-order valence-electron chi connectivity index (χ1n) is 6.87. The van der Waals surface area contributed by atoms with Crippen LogP contribution in [0.4, 0.5) is 0 Å². The summed E-state index contributed by atoms with van der Waals surface area (Å²) in [6.07, 6.45) is 0.146. The summed E-state index contributed by atoms with van der Waals surface area (Å²) < 4.78 is 5.19. The zero-order valence-electron chi connectivity index (χ0n) is 12.4. The van der Waals surface area contributed by atoms with Gasteiger partial charge < -0.3 is 10.1 Å². The SMILES string of the molecule is COc1cccc([C@H](C)NC(=O)Cc2c(Cl)cccc2Cl)c1. The van der Waals surface area contributed by atoms with Crippen molar-refractivity contribution in [2.75, 3.05) is 7.11 Å². The summed E-state index contributed by atoms with van der Waals surface area (Å²) in [5.74, 6) is 0.623. The fourth-order valence-corrected chi connectivity index (χ4v) is 2.68. The smallest absolute Gasteiger partial charge is 0.225 e. The summed E-state index contributed by atoms with van der Waals surface area (Å²) in [5, 5.41) is 3.93. The Morgan fingerprint density at radius 2 is 1.82 bits per heavy atom. The lowest BCUT2D eigenvalue weighted by atomic mass is 10.1. The minimum atomic E-state index is -0.135. The molecule has 0 bridgehead atoms. The van der Waals surface area contributed by atoms with Gasteiger partial charge in [0, 0.05) is 10.0 Å². The molecule has 0 saturated carbocycles. The van der Waals surface area contributed by atoms with E-state index in [2.05, 4.69) is 5.32 Å². The summed E-state index contributed by atoms with van der Waals surface area (Å²) in [5.41, 5.74) is 1.61. The van der Waals surface area contributed by atoms with E-state index in [9.17, 15) is 4.79 Å². The molecule has 0 fully saturated rings. The van der Waals surface area contributed by atoms with E-state index in [0.29, 0.717) is 15.6 Å². The third-order valence-corrected chi connectivity index (χ3v) is 4.08. The molecule has 0 spiro atoms. The average molecular weight is 338 g/mol. The van der Waals surface area contributed by atoms with Crippen LogP contribution in [-0.2, 0) is 11.2 Å². The number of halogens is 2. The van der Waals surface area contributed by atoms with Gasteiger partial charge in [-0.05, 0) is 42.3 Å². The highest BCUT2D eigenvalue weighted by molar-refractivity contribution is 6.36. The van der Waals surface area contributed by atoms with Gasteiger partial charge in [-0.15, -0.1) is 0 Å². The molecule has 116 valence electrons. The lowest BCUT2D eigenvalue weighted by Crippen LogP contribution is -2.28. The first-order valence-corrected chi connectivity index (χ1v) is 7.63. The Morgan fingerprint density at radius 3 is 2.45 bits per heavy atom. The molecular weight excluding hydrogens is 321 g/mol. The molecule has 0 saturated heterocycles. The number of ether oxygens (including phenoxy) is 1. The van der Waals surface area contributed by atoms with Crippen molar-refractivity contribution in [1.82, 2.24) is 5.32 Å². The van der Waals surface area contributed by atoms with Crippen molar-refractivity contribution in [3.8, 4) is 5.75 Å². The number of carbonyl (C=O) groups is 1. The monoisotopic (exact) mass is 337 g/mol. The summed E-state index contributed by atoms with van der Waals surface area (Å²) in [4.78, 5) is 12.2. The quantitative estimate of drug-likeness (QED) is 0.876. The van der Waals surface area contributed by atoms with E-state index in [1.807, 2.05) is 31.2 Å². The summed E-state index contributed by atoms with van der Waals surface area (Å²) in [6.45, 7) is 1.92. The minimum Gasteiger partial charge on any atom is -0.497 e. The molecule has 0 aliphatic rings. The Hall–Kier alpha value is -1.71. The fraction of sp³-hybridized carbons (Fsp3) is 0.235. The highest BCUT2D eigenvalue weighted by Crippen LogP contribution is 2.25. The Labute approximate surface area is 140 Å². The van der Waals surface area contributed by atoms with E-state index < -0.39 is 0 Å². The molecule has 2 aromatic carbocycles. The maximum absolute atomic E-state index is 12.2. The number of benzene rings is 2. The van der Waals surface area contributed by atoms with Gasteiger partial charge in [0.15, 0.2) is 0 Å². The van der Waals surface area contributed by atoms with E-state index in [1.165, 1.54) is 0 Å². The van der Waals surface area contributed by atoms with Crippen molar-refractivity contribution >= 4 is 29.1 Å². The second-order valence-corrected chi connectivity index (χ2v) is 5.76. The number of hydrogen-bond donors (Lipinski definition) is 1. The summed E-state index contributed by atoms with van der Waals surface area (Å²) in [6, 6.07) is 12.7. The van der Waals surface area contributed by atoms with Crippen molar-refractivity contribution in [3.63, 3.8) is 0 Å². The highest BCUT2D eigenvalue weighted by Gasteiger charge is 2.14. The van der Waals surface area contributed by atoms with Crippen LogP contribution < -0.4 is 10.1 Å². The van der Waals surface area contributed by atoms with Crippen LogP contribution in [0.15, 0.2) is 42.5 Å². The van der Waals surface area contributed by atoms with Gasteiger partial charge in [-0.25, -0.2) is 0 Å². The molecule has 0 aliphatic heterocycles. The van der Waals surface area contributed by atoms with Crippen LogP contribution in [0, 0.1) is 0 Å². The third kappa shape index (κ3) is 4.15. The van der Waals surface area contributed by atoms with Gasteiger partial charge in [-0.1, -0.05) is 41.4 Å². The average Bonchev–Trinajstić information content (AvgIpc) is 2.51. The van der Waals surface area contributed by atoms with Gasteiger partial charge in [0.2, 0.25) is 5.91 Å². The van der Waals surface area contributed by atoms with Gasteiger partial charge in [-0.3, -0.25) is 4.79 Å². The minimum absolute atomic E-state index is 0.134. The van der Waals surface area contributed by atoms with Gasteiger partial charge in [0.05, 0.1) is 19.6 Å². The number of nitrogens with one attached hydrogen (secondary N) is 1. The normalized spacial score (nSPS) is 11.8. The molecule has 22 heavy (non-hydrogen) atoms. The van der Waals surface area contributed by atoms with Crippen LogP contribution in [0.25, 0.3) is 0 Å².